The molecule has 0 spiro atoms. The Labute approximate surface area is 91.7 Å². The first-order valence-electron chi connectivity index (χ1n) is 5.25. The van der Waals surface area contributed by atoms with E-state index in [2.05, 4.69) is 19.6 Å². The van der Waals surface area contributed by atoms with Crippen LogP contribution in [0.2, 0.25) is 0 Å². The molecule has 0 amide bonds. The van der Waals surface area contributed by atoms with Crippen LogP contribution in [0, 0.1) is 6.92 Å². The molecule has 1 aromatic carbocycles. The lowest BCUT2D eigenvalue weighted by atomic mass is 10.1. The molecule has 0 aromatic heterocycles. The van der Waals surface area contributed by atoms with Crippen molar-refractivity contribution in [3.63, 3.8) is 0 Å². The minimum Gasteiger partial charge on any atom is -0.493 e. The van der Waals surface area contributed by atoms with Crippen LogP contribution in [0.25, 0.3) is 0 Å². The molecular weight excluding hydrogens is 186 g/mol. The lowest BCUT2D eigenvalue weighted by Gasteiger charge is -2.14. The molecule has 2 heteroatoms. The third-order valence-corrected chi connectivity index (χ3v) is 2.24. The molecule has 82 valence electrons. The molecule has 1 aromatic rings. The largest absolute Gasteiger partial charge is 0.493 e. The van der Waals surface area contributed by atoms with Gasteiger partial charge in [0.15, 0.2) is 0 Å². The summed E-state index contributed by atoms with van der Waals surface area (Å²) >= 11 is 0. The number of rotatable bonds is 5. The quantitative estimate of drug-likeness (QED) is 0.592. The average molecular weight is 205 g/mol. The molecule has 0 saturated carbocycles. The van der Waals surface area contributed by atoms with Crippen molar-refractivity contribution >= 4 is 0 Å². The van der Waals surface area contributed by atoms with Crippen molar-refractivity contribution in [1.82, 2.24) is 0 Å². The summed E-state index contributed by atoms with van der Waals surface area (Å²) < 4.78 is 5.64. The van der Waals surface area contributed by atoms with Crippen molar-refractivity contribution < 1.29 is 4.74 Å². The summed E-state index contributed by atoms with van der Waals surface area (Å²) in [6, 6.07) is 6.10. The molecule has 2 nitrogen and oxygen atoms in total. The zero-order valence-corrected chi connectivity index (χ0v) is 9.49. The third kappa shape index (κ3) is 3.40. The summed E-state index contributed by atoms with van der Waals surface area (Å²) in [5, 5.41) is 0. The second-order valence-corrected chi connectivity index (χ2v) is 3.76. The van der Waals surface area contributed by atoms with Gasteiger partial charge in [-0.1, -0.05) is 23.8 Å². The minimum atomic E-state index is 0.00336. The van der Waals surface area contributed by atoms with Gasteiger partial charge < -0.3 is 10.5 Å². The van der Waals surface area contributed by atoms with Crippen LogP contribution in [0.4, 0.5) is 0 Å². The molecule has 0 bridgehead atoms. The average Bonchev–Trinajstić information content (AvgIpc) is 2.20. The Balaban J connectivity index is 2.81. The van der Waals surface area contributed by atoms with E-state index in [-0.39, 0.29) is 6.04 Å². The molecular formula is C13H19NO. The van der Waals surface area contributed by atoms with Gasteiger partial charge in [0.2, 0.25) is 0 Å². The topological polar surface area (TPSA) is 35.2 Å². The highest BCUT2D eigenvalue weighted by Gasteiger charge is 2.07. The van der Waals surface area contributed by atoms with Gasteiger partial charge in [-0.05, 0) is 26.3 Å². The third-order valence-electron chi connectivity index (χ3n) is 2.24. The number of hydrogen-bond acceptors (Lipinski definition) is 2. The Morgan fingerprint density at radius 3 is 2.87 bits per heavy atom. The van der Waals surface area contributed by atoms with E-state index in [0.717, 1.165) is 17.7 Å². The van der Waals surface area contributed by atoms with Crippen molar-refractivity contribution in [1.29, 1.82) is 0 Å². The Morgan fingerprint density at radius 1 is 1.53 bits per heavy atom. The second kappa shape index (κ2) is 5.56. The summed E-state index contributed by atoms with van der Waals surface area (Å²) in [6.07, 6.45) is 2.70. The van der Waals surface area contributed by atoms with E-state index in [1.165, 1.54) is 5.56 Å². The lowest BCUT2D eigenvalue weighted by Crippen LogP contribution is -2.08. The normalized spacial score (nSPS) is 12.2. The standard InChI is InChI=1S/C13H19NO/c1-4-5-8-15-13-7-6-10(2)9-12(13)11(3)14/h4,6-7,9,11H,1,5,8,14H2,2-3H3/t11-/m1/s1. The molecule has 15 heavy (non-hydrogen) atoms. The summed E-state index contributed by atoms with van der Waals surface area (Å²) in [5.74, 6) is 0.887. The smallest absolute Gasteiger partial charge is 0.124 e. The van der Waals surface area contributed by atoms with Crippen LogP contribution < -0.4 is 10.5 Å². The van der Waals surface area contributed by atoms with Gasteiger partial charge in [0.25, 0.3) is 0 Å². The number of ether oxygens (including phenoxy) is 1. The van der Waals surface area contributed by atoms with Crippen LogP contribution in [-0.2, 0) is 0 Å². The van der Waals surface area contributed by atoms with E-state index in [1.54, 1.807) is 0 Å². The first kappa shape index (κ1) is 11.8. The Kier molecular flexibility index (Phi) is 4.37. The first-order valence-corrected chi connectivity index (χ1v) is 5.25. The number of hydrogen-bond donors (Lipinski definition) is 1. The Morgan fingerprint density at radius 2 is 2.27 bits per heavy atom. The number of nitrogens with two attached hydrogens (primary N) is 1. The summed E-state index contributed by atoms with van der Waals surface area (Å²) in [4.78, 5) is 0. The van der Waals surface area contributed by atoms with E-state index in [4.69, 9.17) is 10.5 Å². The van der Waals surface area contributed by atoms with Crippen LogP contribution in [0.5, 0.6) is 5.75 Å². The van der Waals surface area contributed by atoms with E-state index >= 15 is 0 Å². The first-order chi connectivity index (χ1) is 7.15. The van der Waals surface area contributed by atoms with Gasteiger partial charge in [-0.15, -0.1) is 6.58 Å². The lowest BCUT2D eigenvalue weighted by molar-refractivity contribution is 0.320. The van der Waals surface area contributed by atoms with Crippen molar-refractivity contribution in [2.45, 2.75) is 26.3 Å². The minimum absolute atomic E-state index is 0.00336. The molecule has 0 fully saturated rings. The Hall–Kier alpha value is -1.28. The molecule has 1 rings (SSSR count). The van der Waals surface area contributed by atoms with Gasteiger partial charge in [0, 0.05) is 11.6 Å². The predicted octanol–water partition coefficient (Wildman–Crippen LogP) is 2.97. The van der Waals surface area contributed by atoms with Gasteiger partial charge in [-0.25, -0.2) is 0 Å². The van der Waals surface area contributed by atoms with E-state index < -0.39 is 0 Å². The fourth-order valence-electron chi connectivity index (χ4n) is 1.41. The fraction of sp³-hybridized carbons (Fsp3) is 0.385. The zero-order chi connectivity index (χ0) is 11.3. The monoisotopic (exact) mass is 205 g/mol. The summed E-state index contributed by atoms with van der Waals surface area (Å²) in [7, 11) is 0. The highest BCUT2D eigenvalue weighted by atomic mass is 16.5. The van der Waals surface area contributed by atoms with Gasteiger partial charge in [0.05, 0.1) is 6.61 Å². The molecule has 0 aliphatic rings. The highest BCUT2D eigenvalue weighted by Crippen LogP contribution is 2.25. The van der Waals surface area contributed by atoms with Crippen LogP contribution in [-0.4, -0.2) is 6.61 Å². The molecule has 0 unspecified atom stereocenters. The zero-order valence-electron chi connectivity index (χ0n) is 9.49. The summed E-state index contributed by atoms with van der Waals surface area (Å²) in [5.41, 5.74) is 8.16. The van der Waals surface area contributed by atoms with Crippen LogP contribution in [0.1, 0.15) is 30.5 Å². The van der Waals surface area contributed by atoms with Gasteiger partial charge in [0.1, 0.15) is 5.75 Å². The highest BCUT2D eigenvalue weighted by molar-refractivity contribution is 5.38. The van der Waals surface area contributed by atoms with E-state index in [0.29, 0.717) is 6.61 Å². The van der Waals surface area contributed by atoms with Gasteiger partial charge in [-0.2, -0.15) is 0 Å². The maximum Gasteiger partial charge on any atom is 0.124 e. The molecule has 0 heterocycles. The maximum atomic E-state index is 5.89. The van der Waals surface area contributed by atoms with Crippen molar-refractivity contribution in [2.75, 3.05) is 6.61 Å². The van der Waals surface area contributed by atoms with Gasteiger partial charge >= 0.3 is 0 Å². The number of aryl methyl sites for hydroxylation is 1. The van der Waals surface area contributed by atoms with Crippen LogP contribution >= 0.6 is 0 Å². The van der Waals surface area contributed by atoms with E-state index in [9.17, 15) is 0 Å². The number of benzene rings is 1. The van der Waals surface area contributed by atoms with Crippen molar-refractivity contribution in [3.8, 4) is 5.75 Å². The molecule has 2 N–H and O–H groups in total. The Bertz CT molecular complexity index is 331. The van der Waals surface area contributed by atoms with Gasteiger partial charge in [-0.3, -0.25) is 0 Å². The van der Waals surface area contributed by atoms with Crippen molar-refractivity contribution in [2.24, 2.45) is 5.73 Å². The van der Waals surface area contributed by atoms with Crippen LogP contribution in [0.15, 0.2) is 30.9 Å². The SMILES string of the molecule is C=CCCOc1ccc(C)cc1[C@@H](C)N. The van der Waals surface area contributed by atoms with E-state index in [1.807, 2.05) is 25.1 Å². The van der Waals surface area contributed by atoms with Crippen LogP contribution in [0.3, 0.4) is 0 Å². The molecule has 1 atom stereocenters. The predicted molar refractivity (Wildman–Crippen MR) is 64.1 cm³/mol. The summed E-state index contributed by atoms with van der Waals surface area (Å²) in [6.45, 7) is 8.34. The molecule has 0 radical (unpaired) electrons. The van der Waals surface area contributed by atoms with Crippen molar-refractivity contribution in [3.05, 3.63) is 42.0 Å². The molecule has 0 saturated heterocycles. The molecule has 0 aliphatic carbocycles. The second-order valence-electron chi connectivity index (χ2n) is 3.76. The maximum absolute atomic E-state index is 5.89. The molecule has 0 aliphatic heterocycles. The fourth-order valence-corrected chi connectivity index (χ4v) is 1.41.